The van der Waals surface area contributed by atoms with Gasteiger partial charge in [0.2, 0.25) is 0 Å². The molecule has 0 saturated heterocycles. The summed E-state index contributed by atoms with van der Waals surface area (Å²) in [5.41, 5.74) is 2.08. The first-order valence-electron chi connectivity index (χ1n) is 6.76. The second kappa shape index (κ2) is 6.69. The molecule has 1 heterocycles. The molecule has 21 heavy (non-hydrogen) atoms. The molecule has 0 aliphatic heterocycles. The number of rotatable bonds is 5. The van der Waals surface area contributed by atoms with E-state index in [0.29, 0.717) is 5.82 Å². The van der Waals surface area contributed by atoms with Gasteiger partial charge in [0.1, 0.15) is 5.82 Å². The van der Waals surface area contributed by atoms with Crippen LogP contribution in [0.1, 0.15) is 17.4 Å². The van der Waals surface area contributed by atoms with E-state index in [0.717, 1.165) is 17.9 Å². The van der Waals surface area contributed by atoms with Crippen LogP contribution in [0.2, 0.25) is 0 Å². The van der Waals surface area contributed by atoms with Crippen LogP contribution < -0.4 is 15.5 Å². The summed E-state index contributed by atoms with van der Waals surface area (Å²) in [6.45, 7) is 2.73. The van der Waals surface area contributed by atoms with Crippen molar-refractivity contribution in [1.29, 1.82) is 0 Å². The third-order valence-electron chi connectivity index (χ3n) is 2.90. The topological polar surface area (TPSA) is 70.2 Å². The lowest BCUT2D eigenvalue weighted by Gasteiger charge is -2.12. The van der Waals surface area contributed by atoms with E-state index in [-0.39, 0.29) is 11.6 Å². The van der Waals surface area contributed by atoms with Gasteiger partial charge in [0.15, 0.2) is 5.69 Å². The number of carbonyl (C=O) groups excluding carboxylic acids is 1. The van der Waals surface area contributed by atoms with Crippen LogP contribution in [0, 0.1) is 0 Å². The van der Waals surface area contributed by atoms with Gasteiger partial charge in [-0.25, -0.2) is 0 Å². The molecular formula is C15H19N5O. The molecule has 2 aromatic rings. The number of hydrogen-bond donors (Lipinski definition) is 2. The first-order valence-corrected chi connectivity index (χ1v) is 6.76. The third-order valence-corrected chi connectivity index (χ3v) is 2.90. The minimum Gasteiger partial charge on any atom is -0.378 e. The number of hydrogen-bond acceptors (Lipinski definition) is 5. The fourth-order valence-corrected chi connectivity index (χ4v) is 1.77. The maximum absolute atomic E-state index is 12.1. The Hall–Kier alpha value is -2.63. The molecule has 0 fully saturated rings. The highest BCUT2D eigenvalue weighted by Crippen LogP contribution is 2.16. The first kappa shape index (κ1) is 14.8. The molecule has 0 aliphatic carbocycles. The maximum atomic E-state index is 12.1. The zero-order valence-corrected chi connectivity index (χ0v) is 12.4. The predicted octanol–water partition coefficient (Wildman–Crippen LogP) is 2.23. The maximum Gasteiger partial charge on any atom is 0.276 e. The monoisotopic (exact) mass is 285 g/mol. The zero-order chi connectivity index (χ0) is 15.2. The van der Waals surface area contributed by atoms with E-state index in [9.17, 15) is 4.79 Å². The molecule has 6 nitrogen and oxygen atoms in total. The lowest BCUT2D eigenvalue weighted by atomic mass is 10.2. The van der Waals surface area contributed by atoms with Crippen LogP contribution in [-0.4, -0.2) is 36.7 Å². The van der Waals surface area contributed by atoms with Crippen LogP contribution in [-0.2, 0) is 0 Å². The number of amides is 1. The lowest BCUT2D eigenvalue weighted by Crippen LogP contribution is -2.15. The first-order chi connectivity index (χ1) is 10.1. The molecule has 0 atom stereocenters. The third kappa shape index (κ3) is 3.92. The summed E-state index contributed by atoms with van der Waals surface area (Å²) >= 11 is 0. The number of aromatic nitrogens is 2. The molecular weight excluding hydrogens is 266 g/mol. The van der Waals surface area contributed by atoms with Crippen molar-refractivity contribution in [2.75, 3.05) is 36.2 Å². The SMILES string of the molecule is CCNc1ccc(C(=O)Nc2ccc(N(C)C)cc2)nn1. The van der Waals surface area contributed by atoms with E-state index in [1.54, 1.807) is 12.1 Å². The van der Waals surface area contributed by atoms with Crippen molar-refractivity contribution in [3.63, 3.8) is 0 Å². The Bertz CT molecular complexity index is 592. The van der Waals surface area contributed by atoms with Crippen molar-refractivity contribution in [3.05, 3.63) is 42.1 Å². The Morgan fingerprint density at radius 1 is 1.10 bits per heavy atom. The molecule has 0 radical (unpaired) electrons. The van der Waals surface area contributed by atoms with Crippen molar-refractivity contribution in [2.45, 2.75) is 6.92 Å². The molecule has 0 bridgehead atoms. The highest BCUT2D eigenvalue weighted by atomic mass is 16.1. The Balaban J connectivity index is 2.03. The zero-order valence-electron chi connectivity index (χ0n) is 12.4. The molecule has 2 rings (SSSR count). The lowest BCUT2D eigenvalue weighted by molar-refractivity contribution is 0.102. The number of nitrogens with one attached hydrogen (secondary N) is 2. The average Bonchev–Trinajstić information content (AvgIpc) is 2.49. The van der Waals surface area contributed by atoms with Crippen LogP contribution in [0.3, 0.4) is 0 Å². The second-order valence-electron chi connectivity index (χ2n) is 4.73. The summed E-state index contributed by atoms with van der Waals surface area (Å²) in [6, 6.07) is 11.0. The van der Waals surface area contributed by atoms with Gasteiger partial charge in [0, 0.05) is 32.0 Å². The molecule has 0 unspecified atom stereocenters. The number of anilines is 3. The van der Waals surface area contributed by atoms with Crippen LogP contribution in [0.25, 0.3) is 0 Å². The molecule has 0 aliphatic rings. The van der Waals surface area contributed by atoms with E-state index in [1.165, 1.54) is 0 Å². The Morgan fingerprint density at radius 2 is 1.81 bits per heavy atom. The summed E-state index contributed by atoms with van der Waals surface area (Å²) < 4.78 is 0. The predicted molar refractivity (Wildman–Crippen MR) is 84.9 cm³/mol. The molecule has 1 amide bonds. The molecule has 1 aromatic carbocycles. The van der Waals surface area contributed by atoms with Gasteiger partial charge < -0.3 is 15.5 Å². The van der Waals surface area contributed by atoms with Crippen molar-refractivity contribution >= 4 is 23.1 Å². The minimum absolute atomic E-state index is 0.275. The number of nitrogens with zero attached hydrogens (tertiary/aromatic N) is 3. The van der Waals surface area contributed by atoms with Crippen LogP contribution in [0.4, 0.5) is 17.2 Å². The van der Waals surface area contributed by atoms with E-state index >= 15 is 0 Å². The molecule has 1 aromatic heterocycles. The Labute approximate surface area is 124 Å². The van der Waals surface area contributed by atoms with Crippen LogP contribution >= 0.6 is 0 Å². The highest BCUT2D eigenvalue weighted by Gasteiger charge is 2.08. The second-order valence-corrected chi connectivity index (χ2v) is 4.73. The van der Waals surface area contributed by atoms with Gasteiger partial charge in [-0.15, -0.1) is 10.2 Å². The van der Waals surface area contributed by atoms with Gasteiger partial charge in [0.05, 0.1) is 0 Å². The summed E-state index contributed by atoms with van der Waals surface area (Å²) in [5.74, 6) is 0.382. The van der Waals surface area contributed by atoms with Crippen molar-refractivity contribution in [3.8, 4) is 0 Å². The van der Waals surface area contributed by atoms with E-state index in [4.69, 9.17) is 0 Å². The molecule has 110 valence electrons. The molecule has 0 spiro atoms. The van der Waals surface area contributed by atoms with Gasteiger partial charge >= 0.3 is 0 Å². The van der Waals surface area contributed by atoms with Crippen LogP contribution in [0.5, 0.6) is 0 Å². The number of carbonyl (C=O) groups is 1. The quantitative estimate of drug-likeness (QED) is 0.881. The normalized spacial score (nSPS) is 10.0. The minimum atomic E-state index is -0.275. The Morgan fingerprint density at radius 3 is 2.33 bits per heavy atom. The molecule has 6 heteroatoms. The fraction of sp³-hybridized carbons (Fsp3) is 0.267. The van der Waals surface area contributed by atoms with E-state index in [2.05, 4.69) is 20.8 Å². The standard InChI is InChI=1S/C15H19N5O/c1-4-16-14-10-9-13(18-19-14)15(21)17-11-5-7-12(8-6-11)20(2)3/h5-10H,4H2,1-3H3,(H,16,19)(H,17,21). The average molecular weight is 285 g/mol. The van der Waals surface area contributed by atoms with Crippen LogP contribution in [0.15, 0.2) is 36.4 Å². The summed E-state index contributed by atoms with van der Waals surface area (Å²) in [7, 11) is 3.93. The number of benzene rings is 1. The van der Waals surface area contributed by atoms with Crippen molar-refractivity contribution in [1.82, 2.24) is 10.2 Å². The van der Waals surface area contributed by atoms with Gasteiger partial charge in [-0.05, 0) is 43.3 Å². The van der Waals surface area contributed by atoms with E-state index in [1.807, 2.05) is 50.2 Å². The smallest absolute Gasteiger partial charge is 0.276 e. The summed E-state index contributed by atoms with van der Waals surface area (Å²) in [6.07, 6.45) is 0. The van der Waals surface area contributed by atoms with Gasteiger partial charge in [-0.3, -0.25) is 4.79 Å². The molecule has 0 saturated carbocycles. The summed E-state index contributed by atoms with van der Waals surface area (Å²) in [4.78, 5) is 14.1. The Kier molecular flexibility index (Phi) is 4.71. The van der Waals surface area contributed by atoms with Crippen molar-refractivity contribution in [2.24, 2.45) is 0 Å². The van der Waals surface area contributed by atoms with Gasteiger partial charge in [-0.1, -0.05) is 0 Å². The van der Waals surface area contributed by atoms with Gasteiger partial charge in [0.25, 0.3) is 5.91 Å². The fourth-order valence-electron chi connectivity index (χ4n) is 1.77. The highest BCUT2D eigenvalue weighted by molar-refractivity contribution is 6.02. The van der Waals surface area contributed by atoms with Crippen molar-refractivity contribution < 1.29 is 4.79 Å². The van der Waals surface area contributed by atoms with E-state index < -0.39 is 0 Å². The summed E-state index contributed by atoms with van der Waals surface area (Å²) in [5, 5.41) is 13.7. The largest absolute Gasteiger partial charge is 0.378 e. The van der Waals surface area contributed by atoms with Gasteiger partial charge in [-0.2, -0.15) is 0 Å². The molecule has 2 N–H and O–H groups in total.